The van der Waals surface area contributed by atoms with Gasteiger partial charge in [-0.25, -0.2) is 0 Å². The van der Waals surface area contributed by atoms with Crippen LogP contribution in [0.4, 0.5) is 0 Å². The molecule has 0 unspecified atom stereocenters. The topological polar surface area (TPSA) is 41.8 Å². The van der Waals surface area contributed by atoms with Crippen LogP contribution in [-0.4, -0.2) is 24.0 Å². The van der Waals surface area contributed by atoms with E-state index in [0.29, 0.717) is 5.02 Å². The van der Waals surface area contributed by atoms with E-state index in [9.17, 15) is 0 Å². The molecule has 0 saturated carbocycles. The zero-order valence-corrected chi connectivity index (χ0v) is 8.66. The predicted molar refractivity (Wildman–Crippen MR) is 56.7 cm³/mol. The molecule has 0 spiro atoms. The first-order chi connectivity index (χ1) is 6.74. The van der Waals surface area contributed by atoms with Crippen LogP contribution < -0.4 is 0 Å². The van der Waals surface area contributed by atoms with Crippen LogP contribution in [0.15, 0.2) is 29.4 Å². The zero-order chi connectivity index (χ0) is 10.4. The summed E-state index contributed by atoms with van der Waals surface area (Å²) in [7, 11) is 0. The molecule has 4 heteroatoms. The van der Waals surface area contributed by atoms with Crippen molar-refractivity contribution in [3.63, 3.8) is 0 Å². The Hall–Kier alpha value is -1.06. The number of hydrogen-bond acceptors (Lipinski definition) is 3. The van der Waals surface area contributed by atoms with Crippen molar-refractivity contribution in [2.24, 2.45) is 5.16 Å². The molecular formula is C10H12ClNO2. The van der Waals surface area contributed by atoms with Crippen LogP contribution in [0.1, 0.15) is 12.5 Å². The van der Waals surface area contributed by atoms with Crippen LogP contribution >= 0.6 is 11.6 Å². The summed E-state index contributed by atoms with van der Waals surface area (Å²) in [6, 6.07) is 7.32. The highest BCUT2D eigenvalue weighted by Gasteiger charge is 1.97. The largest absolute Gasteiger partial charge is 0.393 e. The normalized spacial score (nSPS) is 11.5. The van der Waals surface area contributed by atoms with Crippen molar-refractivity contribution in [3.05, 3.63) is 34.9 Å². The average Bonchev–Trinajstić information content (AvgIpc) is 2.19. The highest BCUT2D eigenvalue weighted by Crippen LogP contribution is 2.10. The average molecular weight is 214 g/mol. The van der Waals surface area contributed by atoms with Gasteiger partial charge >= 0.3 is 0 Å². The Labute approximate surface area is 88.0 Å². The number of nitrogens with zero attached hydrogens (tertiary/aromatic N) is 1. The fourth-order valence-electron chi connectivity index (χ4n) is 0.927. The number of oxime groups is 1. The standard InChI is InChI=1S/C10H12ClNO2/c1-8(12-14-7-6-13)9-2-4-10(11)5-3-9/h2-5,13H,6-7H2,1H3/b12-8-. The molecule has 1 rings (SSSR count). The van der Waals surface area contributed by atoms with Crippen molar-refractivity contribution in [2.45, 2.75) is 6.92 Å². The fraction of sp³-hybridized carbons (Fsp3) is 0.300. The molecular weight excluding hydrogens is 202 g/mol. The van der Waals surface area contributed by atoms with Gasteiger partial charge < -0.3 is 9.94 Å². The van der Waals surface area contributed by atoms with Gasteiger partial charge in [0.2, 0.25) is 0 Å². The molecule has 0 aliphatic carbocycles. The van der Waals surface area contributed by atoms with Crippen LogP contribution in [0.2, 0.25) is 5.02 Å². The molecule has 0 aliphatic rings. The van der Waals surface area contributed by atoms with E-state index >= 15 is 0 Å². The van der Waals surface area contributed by atoms with Gasteiger partial charge in [0.05, 0.1) is 12.3 Å². The summed E-state index contributed by atoms with van der Waals surface area (Å²) in [4.78, 5) is 4.83. The lowest BCUT2D eigenvalue weighted by atomic mass is 10.1. The molecule has 14 heavy (non-hydrogen) atoms. The molecule has 0 radical (unpaired) electrons. The molecule has 0 amide bonds. The van der Waals surface area contributed by atoms with Crippen molar-refractivity contribution < 1.29 is 9.94 Å². The van der Waals surface area contributed by atoms with Gasteiger partial charge in [-0.3, -0.25) is 0 Å². The Morgan fingerprint density at radius 2 is 2.07 bits per heavy atom. The molecule has 0 atom stereocenters. The first-order valence-electron chi connectivity index (χ1n) is 4.27. The van der Waals surface area contributed by atoms with Crippen molar-refractivity contribution >= 4 is 17.3 Å². The SMILES string of the molecule is C/C(=N/OCCO)c1ccc(Cl)cc1. The van der Waals surface area contributed by atoms with Crippen molar-refractivity contribution in [1.82, 2.24) is 0 Å². The van der Waals surface area contributed by atoms with E-state index < -0.39 is 0 Å². The van der Waals surface area contributed by atoms with Crippen molar-refractivity contribution in [3.8, 4) is 0 Å². The van der Waals surface area contributed by atoms with Gasteiger partial charge in [-0.15, -0.1) is 0 Å². The number of benzene rings is 1. The van der Waals surface area contributed by atoms with Gasteiger partial charge in [0, 0.05) is 5.02 Å². The second kappa shape index (κ2) is 5.62. The lowest BCUT2D eigenvalue weighted by Gasteiger charge is -2.00. The second-order valence-corrected chi connectivity index (χ2v) is 3.18. The molecule has 1 N–H and O–H groups in total. The van der Waals surface area contributed by atoms with Crippen LogP contribution in [0.3, 0.4) is 0 Å². The maximum absolute atomic E-state index is 8.47. The second-order valence-electron chi connectivity index (χ2n) is 2.74. The summed E-state index contributed by atoms with van der Waals surface area (Å²) in [5.41, 5.74) is 1.71. The fourth-order valence-corrected chi connectivity index (χ4v) is 1.05. The summed E-state index contributed by atoms with van der Waals surface area (Å²) in [5, 5.41) is 13.0. The van der Waals surface area contributed by atoms with Crippen molar-refractivity contribution in [1.29, 1.82) is 0 Å². The van der Waals surface area contributed by atoms with E-state index in [-0.39, 0.29) is 13.2 Å². The summed E-state index contributed by atoms with van der Waals surface area (Å²) < 4.78 is 0. The smallest absolute Gasteiger partial charge is 0.140 e. The van der Waals surface area contributed by atoms with Gasteiger partial charge in [0.1, 0.15) is 6.61 Å². The van der Waals surface area contributed by atoms with Gasteiger partial charge in [0.15, 0.2) is 0 Å². The van der Waals surface area contributed by atoms with E-state index in [2.05, 4.69) is 5.16 Å². The maximum atomic E-state index is 8.47. The molecule has 0 aromatic heterocycles. The highest BCUT2D eigenvalue weighted by molar-refractivity contribution is 6.30. The molecule has 1 aromatic rings. The van der Waals surface area contributed by atoms with E-state index in [0.717, 1.165) is 11.3 Å². The molecule has 0 aliphatic heterocycles. The van der Waals surface area contributed by atoms with Crippen LogP contribution in [0, 0.1) is 0 Å². The summed E-state index contributed by atoms with van der Waals surface area (Å²) >= 11 is 5.74. The third-order valence-electron chi connectivity index (χ3n) is 1.65. The van der Waals surface area contributed by atoms with Gasteiger partial charge in [0.25, 0.3) is 0 Å². The number of halogens is 1. The maximum Gasteiger partial charge on any atom is 0.140 e. The minimum absolute atomic E-state index is 0.0304. The molecule has 0 bridgehead atoms. The molecule has 0 heterocycles. The Kier molecular flexibility index (Phi) is 4.43. The molecule has 3 nitrogen and oxygen atoms in total. The third kappa shape index (κ3) is 3.36. The van der Waals surface area contributed by atoms with E-state index in [4.69, 9.17) is 21.5 Å². The van der Waals surface area contributed by atoms with E-state index in [1.54, 1.807) is 12.1 Å². The first-order valence-corrected chi connectivity index (χ1v) is 4.65. The van der Waals surface area contributed by atoms with Crippen molar-refractivity contribution in [2.75, 3.05) is 13.2 Å². The molecule has 0 saturated heterocycles. The van der Waals surface area contributed by atoms with E-state index in [1.165, 1.54) is 0 Å². The summed E-state index contributed by atoms with van der Waals surface area (Å²) in [5.74, 6) is 0. The lowest BCUT2D eigenvalue weighted by molar-refractivity contribution is 0.0986. The first kappa shape index (κ1) is 11.0. The molecule has 0 fully saturated rings. The van der Waals surface area contributed by atoms with Crippen LogP contribution in [0.5, 0.6) is 0 Å². The minimum atomic E-state index is -0.0304. The Bertz CT molecular complexity index is 308. The van der Waals surface area contributed by atoms with Gasteiger partial charge in [-0.1, -0.05) is 28.9 Å². The number of hydrogen-bond donors (Lipinski definition) is 1. The Morgan fingerprint density at radius 1 is 1.43 bits per heavy atom. The monoisotopic (exact) mass is 213 g/mol. The predicted octanol–water partition coefficient (Wildman–Crippen LogP) is 2.07. The third-order valence-corrected chi connectivity index (χ3v) is 1.90. The van der Waals surface area contributed by atoms with Crippen LogP contribution in [-0.2, 0) is 4.84 Å². The number of rotatable bonds is 4. The highest BCUT2D eigenvalue weighted by atomic mass is 35.5. The van der Waals surface area contributed by atoms with E-state index in [1.807, 2.05) is 19.1 Å². The lowest BCUT2D eigenvalue weighted by Crippen LogP contribution is -1.99. The quantitative estimate of drug-likeness (QED) is 0.473. The van der Waals surface area contributed by atoms with Crippen LogP contribution in [0.25, 0.3) is 0 Å². The number of aliphatic hydroxyl groups is 1. The zero-order valence-electron chi connectivity index (χ0n) is 7.90. The van der Waals surface area contributed by atoms with Gasteiger partial charge in [-0.05, 0) is 24.6 Å². The summed E-state index contributed by atoms with van der Waals surface area (Å²) in [6.45, 7) is 2.02. The summed E-state index contributed by atoms with van der Waals surface area (Å²) in [6.07, 6.45) is 0. The Morgan fingerprint density at radius 3 is 2.64 bits per heavy atom. The number of aliphatic hydroxyl groups excluding tert-OH is 1. The van der Waals surface area contributed by atoms with Gasteiger partial charge in [-0.2, -0.15) is 0 Å². The molecule has 1 aromatic carbocycles. The minimum Gasteiger partial charge on any atom is -0.393 e. The molecule has 76 valence electrons. The Balaban J connectivity index is 2.64.